The van der Waals surface area contributed by atoms with E-state index in [9.17, 15) is 4.79 Å². The fraction of sp³-hybridized carbons (Fsp3) is 0.289. The van der Waals surface area contributed by atoms with E-state index >= 15 is 0 Å². The van der Waals surface area contributed by atoms with Crippen LogP contribution >= 0.6 is 0 Å². The van der Waals surface area contributed by atoms with Crippen molar-refractivity contribution in [3.63, 3.8) is 0 Å². The molecule has 1 aliphatic rings. The van der Waals surface area contributed by atoms with E-state index in [4.69, 9.17) is 14.2 Å². The Bertz CT molecular complexity index is 1600. The van der Waals surface area contributed by atoms with Gasteiger partial charge in [0.25, 0.3) is 5.91 Å². The van der Waals surface area contributed by atoms with E-state index in [0.717, 1.165) is 55.2 Å². The average molecular weight is 619 g/mol. The second-order valence-electron chi connectivity index (χ2n) is 12.3. The van der Waals surface area contributed by atoms with Gasteiger partial charge in [-0.2, -0.15) is 0 Å². The second kappa shape index (κ2) is 15.6. The minimum Gasteiger partial charge on any atom is -0.488 e. The Hall–Kier alpha value is -4.35. The maximum atomic E-state index is 13.8. The Morgan fingerprint density at radius 2 is 1.40 bits per heavy atom. The molecule has 1 fully saturated rings. The lowest BCUT2D eigenvalue weighted by atomic mass is 10.0. The first-order valence-corrected chi connectivity index (χ1v) is 19.0. The van der Waals surface area contributed by atoms with Crippen LogP contribution in [0.1, 0.15) is 32.6 Å². The Labute approximate surface area is 268 Å². The minimum absolute atomic E-state index is 0.243. The Kier molecular flexibility index (Phi) is 11.1. The van der Waals surface area contributed by atoms with Crippen LogP contribution in [0, 0.1) is 11.5 Å². The molecule has 0 aromatic heterocycles. The number of amides is 1. The number of morpholine rings is 1. The molecule has 6 nitrogen and oxygen atoms in total. The fourth-order valence-corrected chi connectivity index (χ4v) is 5.58. The van der Waals surface area contributed by atoms with Crippen LogP contribution in [0.3, 0.4) is 0 Å². The number of carbonyl (C=O) groups is 1. The number of carbonyl (C=O) groups excluding carboxylic acids is 1. The summed E-state index contributed by atoms with van der Waals surface area (Å²) in [5.41, 5.74) is 8.74. The lowest BCUT2D eigenvalue weighted by Gasteiger charge is -2.26. The molecule has 7 heteroatoms. The van der Waals surface area contributed by atoms with Gasteiger partial charge in [0.15, 0.2) is 0 Å². The molecular formula is C38H42N2O4Si. The van der Waals surface area contributed by atoms with Crippen molar-refractivity contribution < 1.29 is 19.0 Å². The van der Waals surface area contributed by atoms with Crippen molar-refractivity contribution in [2.75, 3.05) is 31.6 Å². The van der Waals surface area contributed by atoms with E-state index < -0.39 is 8.07 Å². The summed E-state index contributed by atoms with van der Waals surface area (Å²) >= 11 is 0. The van der Waals surface area contributed by atoms with Gasteiger partial charge in [0.2, 0.25) is 0 Å². The predicted octanol–water partition coefficient (Wildman–Crippen LogP) is 7.35. The zero-order valence-corrected chi connectivity index (χ0v) is 27.5. The molecule has 4 aromatic rings. The molecular weight excluding hydrogens is 577 g/mol. The molecule has 1 heterocycles. The van der Waals surface area contributed by atoms with E-state index in [2.05, 4.69) is 53.5 Å². The summed E-state index contributed by atoms with van der Waals surface area (Å²) in [6.45, 7) is 11.6. The lowest BCUT2D eigenvalue weighted by molar-refractivity contribution is 0.0342. The molecule has 1 N–H and O–H groups in total. The molecule has 0 unspecified atom stereocenters. The predicted molar refractivity (Wildman–Crippen MR) is 183 cm³/mol. The van der Waals surface area contributed by atoms with Crippen molar-refractivity contribution in [1.29, 1.82) is 0 Å². The molecule has 0 spiro atoms. The molecule has 0 radical (unpaired) electrons. The molecule has 1 amide bonds. The number of nitrogens with one attached hydrogen (secondary N) is 1. The number of anilines is 1. The van der Waals surface area contributed by atoms with Gasteiger partial charge in [0.1, 0.15) is 32.8 Å². The average Bonchev–Trinajstić information content (AvgIpc) is 3.05. The van der Waals surface area contributed by atoms with Crippen LogP contribution in [-0.4, -0.2) is 45.2 Å². The first-order chi connectivity index (χ1) is 21.8. The quantitative estimate of drug-likeness (QED) is 0.141. The van der Waals surface area contributed by atoms with Crippen LogP contribution in [0.4, 0.5) is 5.69 Å². The van der Waals surface area contributed by atoms with Gasteiger partial charge in [-0.05, 0) is 34.9 Å². The van der Waals surface area contributed by atoms with Crippen molar-refractivity contribution in [1.82, 2.24) is 4.90 Å². The van der Waals surface area contributed by atoms with Gasteiger partial charge in [-0.1, -0.05) is 92.4 Å². The zero-order chi connectivity index (χ0) is 31.5. The highest BCUT2D eigenvalue weighted by atomic mass is 28.3. The van der Waals surface area contributed by atoms with E-state index in [0.29, 0.717) is 36.7 Å². The maximum absolute atomic E-state index is 13.8. The van der Waals surface area contributed by atoms with Gasteiger partial charge in [0, 0.05) is 43.4 Å². The van der Waals surface area contributed by atoms with Gasteiger partial charge in [0.05, 0.1) is 18.8 Å². The van der Waals surface area contributed by atoms with Crippen LogP contribution in [0.5, 0.6) is 11.5 Å². The largest absolute Gasteiger partial charge is 0.488 e. The number of benzene rings is 4. The van der Waals surface area contributed by atoms with Crippen LogP contribution in [-0.2, 0) is 30.9 Å². The molecule has 1 aliphatic heterocycles. The normalized spacial score (nSPS) is 13.4. The number of nitrogens with zero attached hydrogens (tertiary/aromatic N) is 1. The van der Waals surface area contributed by atoms with Crippen LogP contribution in [0.2, 0.25) is 19.6 Å². The van der Waals surface area contributed by atoms with E-state index in [1.54, 1.807) is 0 Å². The number of rotatable bonds is 11. The van der Waals surface area contributed by atoms with Crippen LogP contribution in [0.15, 0.2) is 97.1 Å². The van der Waals surface area contributed by atoms with Gasteiger partial charge in [-0.15, -0.1) is 11.5 Å². The molecule has 0 aliphatic carbocycles. The summed E-state index contributed by atoms with van der Waals surface area (Å²) in [5.74, 6) is 4.24. The molecule has 5 rings (SSSR count). The molecule has 0 atom stereocenters. The Balaban J connectivity index is 1.42. The van der Waals surface area contributed by atoms with Crippen molar-refractivity contribution >= 4 is 19.7 Å². The molecule has 0 bridgehead atoms. The van der Waals surface area contributed by atoms with Crippen molar-refractivity contribution in [3.05, 3.63) is 125 Å². The third-order valence-corrected chi connectivity index (χ3v) is 8.27. The monoisotopic (exact) mass is 618 g/mol. The Morgan fingerprint density at radius 1 is 0.800 bits per heavy atom. The highest BCUT2D eigenvalue weighted by molar-refractivity contribution is 6.83. The van der Waals surface area contributed by atoms with Crippen molar-refractivity contribution in [3.8, 4) is 23.0 Å². The van der Waals surface area contributed by atoms with Gasteiger partial charge < -0.3 is 19.5 Å². The van der Waals surface area contributed by atoms with Crippen LogP contribution < -0.4 is 14.8 Å². The minimum atomic E-state index is -1.58. The van der Waals surface area contributed by atoms with Crippen molar-refractivity contribution in [2.45, 2.75) is 45.8 Å². The molecule has 0 saturated carbocycles. The third-order valence-electron chi connectivity index (χ3n) is 7.35. The van der Waals surface area contributed by atoms with Crippen LogP contribution in [0.25, 0.3) is 0 Å². The summed E-state index contributed by atoms with van der Waals surface area (Å²) in [6, 6.07) is 31.7. The smallest absolute Gasteiger partial charge is 0.259 e. The summed E-state index contributed by atoms with van der Waals surface area (Å²) < 4.78 is 18.1. The first kappa shape index (κ1) is 32.1. The topological polar surface area (TPSA) is 60.0 Å². The maximum Gasteiger partial charge on any atom is 0.259 e. The summed E-state index contributed by atoms with van der Waals surface area (Å²) in [5, 5.41) is 3.09. The molecule has 4 aromatic carbocycles. The van der Waals surface area contributed by atoms with Gasteiger partial charge >= 0.3 is 0 Å². The third kappa shape index (κ3) is 10.1. The molecule has 1 saturated heterocycles. The first-order valence-electron chi connectivity index (χ1n) is 15.5. The molecule has 45 heavy (non-hydrogen) atoms. The van der Waals surface area contributed by atoms with E-state index in [1.165, 1.54) is 5.56 Å². The zero-order valence-electron chi connectivity index (χ0n) is 26.5. The lowest BCUT2D eigenvalue weighted by Crippen LogP contribution is -2.35. The SMILES string of the molecule is C[Si](C)(C)C#CCc1cc(C(=O)Nc2ccc(CN3CCOCC3)cc2)c(OCc2ccccc2)cc1OCc1ccccc1. The standard InChI is InChI=1S/C38H42N2O4Si/c1-45(2,3)24-10-15-33-25-35(38(41)39-34-18-16-30(17-19-34)27-40-20-22-42-23-21-40)37(44-29-32-13-8-5-9-14-32)26-36(33)43-28-31-11-6-4-7-12-31/h4-9,11-14,16-19,25-26H,15,20-23,27-29H2,1-3H3,(H,39,41). The van der Waals surface area contributed by atoms with Gasteiger partial charge in [-0.25, -0.2) is 0 Å². The number of hydrogen-bond donors (Lipinski definition) is 1. The summed E-state index contributed by atoms with van der Waals surface area (Å²) in [6.07, 6.45) is 0.476. The van der Waals surface area contributed by atoms with Crippen molar-refractivity contribution in [2.24, 2.45) is 0 Å². The summed E-state index contributed by atoms with van der Waals surface area (Å²) in [4.78, 5) is 16.2. The highest BCUT2D eigenvalue weighted by Gasteiger charge is 2.19. The fourth-order valence-electron chi connectivity index (χ4n) is 4.96. The highest BCUT2D eigenvalue weighted by Crippen LogP contribution is 2.32. The van der Waals surface area contributed by atoms with Gasteiger partial charge in [-0.3, -0.25) is 9.69 Å². The Morgan fingerprint density at radius 3 is 2.00 bits per heavy atom. The summed E-state index contributed by atoms with van der Waals surface area (Å²) in [7, 11) is -1.58. The second-order valence-corrected chi connectivity index (χ2v) is 17.0. The van der Waals surface area contributed by atoms with E-state index in [-0.39, 0.29) is 5.91 Å². The van der Waals surface area contributed by atoms with E-state index in [1.807, 2.05) is 84.9 Å². The molecule has 232 valence electrons. The number of ether oxygens (including phenoxy) is 3. The number of hydrogen-bond acceptors (Lipinski definition) is 5.